The van der Waals surface area contributed by atoms with Crippen molar-refractivity contribution in [3.05, 3.63) is 23.1 Å². The highest BCUT2D eigenvalue weighted by Crippen LogP contribution is 2.39. The van der Waals surface area contributed by atoms with Crippen LogP contribution < -0.4 is 0 Å². The molecule has 2 aliphatic rings. The Morgan fingerprint density at radius 2 is 1.84 bits per heavy atom. The number of rotatable bonds is 2. The molecule has 4 rings (SSSR count). The molecule has 1 unspecified atom stereocenters. The summed E-state index contributed by atoms with van der Waals surface area (Å²) in [5.41, 5.74) is 1.98. The van der Waals surface area contributed by atoms with Crippen LogP contribution in [0.15, 0.2) is 12.3 Å². The maximum Gasteiger partial charge on any atom is 0.140 e. The summed E-state index contributed by atoms with van der Waals surface area (Å²) in [4.78, 5) is 6.42. The first-order valence-electron chi connectivity index (χ1n) is 9.51. The van der Waals surface area contributed by atoms with E-state index in [0.717, 1.165) is 36.0 Å². The van der Waals surface area contributed by atoms with Crippen LogP contribution in [0.3, 0.4) is 0 Å². The van der Waals surface area contributed by atoms with Gasteiger partial charge in [-0.05, 0) is 32.3 Å². The molecule has 4 nitrogen and oxygen atoms in total. The van der Waals surface area contributed by atoms with E-state index in [1.54, 1.807) is 6.20 Å². The standard InChI is InChI=1S/C15H18ClFN4.2C2H6/c1-9-14-13(2-4-18-15(14)16)21(19-9)12-6-11(7-12)20-5-3-10(17)8-20;2*1-2/h2,4,10-12H,3,5-8H2,1H3;2*1-2H3. The van der Waals surface area contributed by atoms with Gasteiger partial charge in [0.05, 0.1) is 22.6 Å². The SMILES string of the molecule is CC.CC.Cc1nn(C2CC(N3CCC(F)C3)C2)c2ccnc(Cl)c12. The minimum atomic E-state index is -0.637. The highest BCUT2D eigenvalue weighted by molar-refractivity contribution is 6.34. The van der Waals surface area contributed by atoms with E-state index in [0.29, 0.717) is 30.2 Å². The van der Waals surface area contributed by atoms with E-state index in [4.69, 9.17) is 11.6 Å². The molecule has 1 aliphatic carbocycles. The van der Waals surface area contributed by atoms with Crippen molar-refractivity contribution >= 4 is 22.5 Å². The molecule has 2 aromatic rings. The Bertz CT molecular complexity index is 681. The van der Waals surface area contributed by atoms with Gasteiger partial charge in [-0.2, -0.15) is 5.10 Å². The van der Waals surface area contributed by atoms with Crippen LogP contribution in [-0.2, 0) is 0 Å². The zero-order valence-corrected chi connectivity index (χ0v) is 16.7. The zero-order valence-electron chi connectivity index (χ0n) is 16.0. The van der Waals surface area contributed by atoms with Gasteiger partial charge >= 0.3 is 0 Å². The highest BCUT2D eigenvalue weighted by Gasteiger charge is 2.39. The lowest BCUT2D eigenvalue weighted by Gasteiger charge is -2.41. The van der Waals surface area contributed by atoms with Gasteiger partial charge in [0.1, 0.15) is 11.3 Å². The predicted molar refractivity (Wildman–Crippen MR) is 103 cm³/mol. The van der Waals surface area contributed by atoms with Crippen molar-refractivity contribution in [2.75, 3.05) is 13.1 Å². The molecule has 2 fully saturated rings. The summed E-state index contributed by atoms with van der Waals surface area (Å²) in [5.74, 6) is 0. The van der Waals surface area contributed by atoms with Gasteiger partial charge in [0.2, 0.25) is 0 Å². The fraction of sp³-hybridized carbons (Fsp3) is 0.684. The number of alkyl halides is 1. The molecule has 1 aliphatic heterocycles. The summed E-state index contributed by atoms with van der Waals surface area (Å²) in [5, 5.41) is 6.12. The molecule has 140 valence electrons. The van der Waals surface area contributed by atoms with Crippen LogP contribution >= 0.6 is 11.6 Å². The minimum absolute atomic E-state index is 0.392. The van der Waals surface area contributed by atoms with Gasteiger partial charge in [0.15, 0.2) is 0 Å². The number of halogens is 2. The minimum Gasteiger partial charge on any atom is -0.297 e. The summed E-state index contributed by atoms with van der Waals surface area (Å²) >= 11 is 6.18. The molecular formula is C19H30ClFN4. The van der Waals surface area contributed by atoms with E-state index in [1.165, 1.54) is 0 Å². The van der Waals surface area contributed by atoms with E-state index in [9.17, 15) is 4.39 Å². The molecule has 0 aromatic carbocycles. The lowest BCUT2D eigenvalue weighted by atomic mass is 9.85. The Labute approximate surface area is 155 Å². The van der Waals surface area contributed by atoms with Gasteiger partial charge in [-0.15, -0.1) is 0 Å². The van der Waals surface area contributed by atoms with Gasteiger partial charge < -0.3 is 0 Å². The van der Waals surface area contributed by atoms with Gasteiger partial charge in [-0.3, -0.25) is 9.58 Å². The lowest BCUT2D eigenvalue weighted by Crippen LogP contribution is -2.44. The summed E-state index contributed by atoms with van der Waals surface area (Å²) in [6.45, 7) is 11.5. The third-order valence-corrected chi connectivity index (χ3v) is 5.15. The summed E-state index contributed by atoms with van der Waals surface area (Å²) in [7, 11) is 0. The van der Waals surface area contributed by atoms with Crippen molar-refractivity contribution in [1.29, 1.82) is 0 Å². The summed E-state index contributed by atoms with van der Waals surface area (Å²) in [6.07, 6.45) is 3.87. The molecular weight excluding hydrogens is 339 g/mol. The second-order valence-electron chi connectivity index (χ2n) is 6.19. The molecule has 3 heterocycles. The van der Waals surface area contributed by atoms with Gasteiger partial charge in [-0.25, -0.2) is 9.37 Å². The topological polar surface area (TPSA) is 34.0 Å². The third-order valence-electron chi connectivity index (χ3n) is 4.86. The van der Waals surface area contributed by atoms with Crippen LogP contribution in [0.1, 0.15) is 58.7 Å². The van der Waals surface area contributed by atoms with Crippen LogP contribution in [0.25, 0.3) is 10.9 Å². The summed E-state index contributed by atoms with van der Waals surface area (Å²) < 4.78 is 15.4. The van der Waals surface area contributed by atoms with E-state index in [2.05, 4.69) is 19.7 Å². The maximum atomic E-state index is 13.3. The Balaban J connectivity index is 0.000000528. The lowest BCUT2D eigenvalue weighted by molar-refractivity contribution is 0.0944. The number of aromatic nitrogens is 3. The Morgan fingerprint density at radius 3 is 2.44 bits per heavy atom. The van der Waals surface area contributed by atoms with E-state index < -0.39 is 6.17 Å². The van der Waals surface area contributed by atoms with Crippen LogP contribution in [0.5, 0.6) is 0 Å². The van der Waals surface area contributed by atoms with Crippen LogP contribution in [0, 0.1) is 6.92 Å². The Hall–Kier alpha value is -1.20. The quantitative estimate of drug-likeness (QED) is 0.684. The molecule has 0 bridgehead atoms. The number of fused-ring (bicyclic) bond motifs is 1. The Morgan fingerprint density at radius 1 is 1.16 bits per heavy atom. The molecule has 0 spiro atoms. The van der Waals surface area contributed by atoms with Crippen molar-refractivity contribution in [2.24, 2.45) is 0 Å². The number of nitrogens with zero attached hydrogens (tertiary/aromatic N) is 4. The second-order valence-corrected chi connectivity index (χ2v) is 6.54. The number of pyridine rings is 1. The van der Waals surface area contributed by atoms with E-state index in [1.807, 2.05) is 40.7 Å². The largest absolute Gasteiger partial charge is 0.297 e. The number of aryl methyl sites for hydroxylation is 1. The molecule has 2 aromatic heterocycles. The van der Waals surface area contributed by atoms with Crippen LogP contribution in [0.4, 0.5) is 4.39 Å². The number of likely N-dealkylation sites (tertiary alicyclic amines) is 1. The summed E-state index contributed by atoms with van der Waals surface area (Å²) in [6, 6.07) is 2.87. The third kappa shape index (κ3) is 3.98. The van der Waals surface area contributed by atoms with Gasteiger partial charge in [0.25, 0.3) is 0 Å². The smallest absolute Gasteiger partial charge is 0.140 e. The monoisotopic (exact) mass is 368 g/mol. The number of hydrogen-bond acceptors (Lipinski definition) is 3. The van der Waals surface area contributed by atoms with Crippen molar-refractivity contribution in [2.45, 2.75) is 72.1 Å². The molecule has 0 radical (unpaired) electrons. The van der Waals surface area contributed by atoms with E-state index in [-0.39, 0.29) is 0 Å². The van der Waals surface area contributed by atoms with Gasteiger partial charge in [0, 0.05) is 25.3 Å². The molecule has 1 saturated carbocycles. The first-order chi connectivity index (χ1) is 12.1. The fourth-order valence-electron chi connectivity index (χ4n) is 3.63. The maximum absolute atomic E-state index is 13.3. The molecule has 0 N–H and O–H groups in total. The Kier molecular flexibility index (Phi) is 7.20. The average molecular weight is 369 g/mol. The average Bonchev–Trinajstić information content (AvgIpc) is 3.15. The normalized spacial score (nSPS) is 25.6. The first kappa shape index (κ1) is 20.1. The molecule has 6 heteroatoms. The molecule has 25 heavy (non-hydrogen) atoms. The zero-order chi connectivity index (χ0) is 18.6. The number of hydrogen-bond donors (Lipinski definition) is 0. The van der Waals surface area contributed by atoms with Crippen LogP contribution in [0.2, 0.25) is 5.15 Å². The van der Waals surface area contributed by atoms with Crippen molar-refractivity contribution in [3.8, 4) is 0 Å². The molecule has 1 saturated heterocycles. The van der Waals surface area contributed by atoms with E-state index >= 15 is 0 Å². The van der Waals surface area contributed by atoms with Crippen molar-refractivity contribution < 1.29 is 4.39 Å². The van der Waals surface area contributed by atoms with Crippen molar-refractivity contribution in [1.82, 2.24) is 19.7 Å². The second kappa shape index (κ2) is 8.95. The predicted octanol–water partition coefficient (Wildman–Crippen LogP) is 5.19. The first-order valence-corrected chi connectivity index (χ1v) is 9.88. The van der Waals surface area contributed by atoms with Gasteiger partial charge in [-0.1, -0.05) is 39.3 Å². The highest BCUT2D eigenvalue weighted by atomic mass is 35.5. The molecule has 1 atom stereocenters. The van der Waals surface area contributed by atoms with Crippen LogP contribution in [-0.4, -0.2) is 45.0 Å². The fourth-order valence-corrected chi connectivity index (χ4v) is 3.92. The van der Waals surface area contributed by atoms with Crippen molar-refractivity contribution in [3.63, 3.8) is 0 Å². The molecule has 0 amide bonds.